The molecule has 22 heteroatoms. The zero-order valence-electron chi connectivity index (χ0n) is 14.5. The van der Waals surface area contributed by atoms with E-state index in [1.807, 2.05) is 0 Å². The number of ether oxygens (including phenoxy) is 2. The van der Waals surface area contributed by atoms with Crippen molar-refractivity contribution in [2.75, 3.05) is 0 Å². The molecule has 0 spiro atoms. The third-order valence-electron chi connectivity index (χ3n) is 3.62. The van der Waals surface area contributed by atoms with Gasteiger partial charge in [-0.2, -0.15) is 87.8 Å². The van der Waals surface area contributed by atoms with Crippen molar-refractivity contribution in [3.05, 3.63) is 11.5 Å². The van der Waals surface area contributed by atoms with Gasteiger partial charge in [0.05, 0.1) is 0 Å². The summed E-state index contributed by atoms with van der Waals surface area (Å²) in [5.41, 5.74) is 0. The lowest BCUT2D eigenvalue weighted by atomic mass is 9.88. The molecule has 34 heavy (non-hydrogen) atoms. The Kier molecular flexibility index (Phi) is 6.80. The van der Waals surface area contributed by atoms with E-state index < -0.39 is 72.1 Å². The van der Waals surface area contributed by atoms with Crippen LogP contribution in [0, 0.1) is 0 Å². The van der Waals surface area contributed by atoms with E-state index in [0.717, 1.165) is 0 Å². The number of hydrogen-bond acceptors (Lipinski definition) is 2. The Bertz CT molecular complexity index is 698. The minimum atomic E-state index is -7.74. The minimum absolute atomic E-state index is 2.27. The van der Waals surface area contributed by atoms with Gasteiger partial charge in [-0.05, 0) is 0 Å². The van der Waals surface area contributed by atoms with Crippen molar-refractivity contribution in [2.45, 2.75) is 60.6 Å². The van der Waals surface area contributed by atoms with Crippen LogP contribution in [0.5, 0.6) is 0 Å². The lowest BCUT2D eigenvalue weighted by Crippen LogP contribution is -2.68. The third kappa shape index (κ3) is 4.71. The molecule has 1 aliphatic rings. The Labute approximate surface area is 171 Å². The Morgan fingerprint density at radius 1 is 0.412 bits per heavy atom. The molecule has 1 aliphatic carbocycles. The van der Waals surface area contributed by atoms with Crippen molar-refractivity contribution in [1.82, 2.24) is 0 Å². The van der Waals surface area contributed by atoms with Gasteiger partial charge in [0.25, 0.3) is 12.2 Å². The fraction of sp³-hybridized carbons (Fsp3) is 0.833. The quantitative estimate of drug-likeness (QED) is 0.355. The second-order valence-electron chi connectivity index (χ2n) is 6.12. The summed E-state index contributed by atoms with van der Waals surface area (Å²) in [4.78, 5) is 0. The van der Waals surface area contributed by atoms with E-state index in [9.17, 15) is 87.8 Å². The van der Waals surface area contributed by atoms with Crippen molar-refractivity contribution in [3.8, 4) is 0 Å². The first-order valence-corrected chi connectivity index (χ1v) is 7.31. The first-order valence-electron chi connectivity index (χ1n) is 7.31. The normalized spacial score (nSPS) is 22.9. The van der Waals surface area contributed by atoms with Gasteiger partial charge in [0, 0.05) is 0 Å². The van der Waals surface area contributed by atoms with Gasteiger partial charge in [-0.1, -0.05) is 0 Å². The fourth-order valence-electron chi connectivity index (χ4n) is 2.09. The topological polar surface area (TPSA) is 18.5 Å². The van der Waals surface area contributed by atoms with Gasteiger partial charge in [0.15, 0.2) is 0 Å². The summed E-state index contributed by atoms with van der Waals surface area (Å²) in [6.07, 6.45) is -40.2. The summed E-state index contributed by atoms with van der Waals surface area (Å²) < 4.78 is 263. The summed E-state index contributed by atoms with van der Waals surface area (Å²) >= 11 is 0. The fourth-order valence-corrected chi connectivity index (χ4v) is 2.09. The number of allylic oxidation sites excluding steroid dienone is 2. The molecule has 0 amide bonds. The Hall–Kier alpha value is -2.06. The molecule has 0 N–H and O–H groups in total. The lowest BCUT2D eigenvalue weighted by Gasteiger charge is -2.44. The van der Waals surface area contributed by atoms with Gasteiger partial charge in [-0.15, -0.1) is 0 Å². The average Bonchev–Trinajstić information content (AvgIpc) is 2.50. The molecule has 202 valence electrons. The van der Waals surface area contributed by atoms with E-state index in [0.29, 0.717) is 0 Å². The summed E-state index contributed by atoms with van der Waals surface area (Å²) in [7, 11) is 0. The van der Waals surface area contributed by atoms with Crippen molar-refractivity contribution < 1.29 is 97.3 Å². The van der Waals surface area contributed by atoms with E-state index in [1.54, 1.807) is 0 Å². The minimum Gasteiger partial charge on any atom is -0.465 e. The van der Waals surface area contributed by atoms with E-state index >= 15 is 0 Å². The maximum atomic E-state index is 13.8. The highest BCUT2D eigenvalue weighted by atomic mass is 19.4. The highest BCUT2D eigenvalue weighted by molar-refractivity contribution is 5.33. The van der Waals surface area contributed by atoms with E-state index in [1.165, 1.54) is 0 Å². The highest BCUT2D eigenvalue weighted by Gasteiger charge is 2.89. The average molecular weight is 558 g/mol. The smallest absolute Gasteiger partial charge is 0.434 e. The van der Waals surface area contributed by atoms with Crippen LogP contribution < -0.4 is 0 Å². The first kappa shape index (κ1) is 30.0. The molecular weight excluding hydrogens is 556 g/mol. The zero-order chi connectivity index (χ0) is 27.7. The Morgan fingerprint density at radius 3 is 0.735 bits per heavy atom. The van der Waals surface area contributed by atoms with Gasteiger partial charge >= 0.3 is 48.4 Å². The number of alkyl halides is 20. The maximum Gasteiger partial charge on any atom is 0.434 e. The number of rotatable bonds is 4. The molecule has 0 aliphatic heterocycles. The van der Waals surface area contributed by atoms with E-state index in [-0.39, 0.29) is 0 Å². The number of halogens is 20. The summed E-state index contributed by atoms with van der Waals surface area (Å²) in [5, 5.41) is 0. The van der Waals surface area contributed by atoms with Crippen molar-refractivity contribution in [2.24, 2.45) is 0 Å². The molecule has 0 radical (unpaired) electrons. The Balaban J connectivity index is 4.10. The molecule has 0 unspecified atom stereocenters. The molecule has 0 atom stereocenters. The molecule has 0 saturated carbocycles. The van der Waals surface area contributed by atoms with Gasteiger partial charge in [0.2, 0.25) is 11.5 Å². The molecule has 2 nitrogen and oxygen atoms in total. The SMILES string of the molecule is FC(F)(F)C(OC1=C(OC(C(F)(F)F)C(F)(F)F)C(F)(F)C(F)(F)C(F)(F)C1(F)F)C(F)(F)F. The summed E-state index contributed by atoms with van der Waals surface area (Å²) in [6, 6.07) is 0. The molecule has 0 aromatic carbocycles. The van der Waals surface area contributed by atoms with Crippen LogP contribution in [0.2, 0.25) is 0 Å². The second kappa shape index (κ2) is 7.72. The molecule has 1 rings (SSSR count). The molecule has 0 aromatic rings. The summed E-state index contributed by atoms with van der Waals surface area (Å²) in [6.45, 7) is 0. The van der Waals surface area contributed by atoms with Crippen molar-refractivity contribution in [1.29, 1.82) is 0 Å². The van der Waals surface area contributed by atoms with Gasteiger partial charge in [0.1, 0.15) is 0 Å². The molecule has 0 fully saturated rings. The standard InChI is InChI=1S/C12H2F20O2/c13-5(14)1(33-3(7(17,18)19)8(20,21)22)2(6(15,16)12(31,32)11(5,29)30)34-4(9(23,24)25)10(26,27)28/h3-4H. The molecule has 0 heterocycles. The first-order chi connectivity index (χ1) is 14.4. The van der Waals surface area contributed by atoms with Crippen molar-refractivity contribution >= 4 is 0 Å². The predicted octanol–water partition coefficient (Wildman–Crippen LogP) is 6.77. The van der Waals surface area contributed by atoms with E-state index in [2.05, 4.69) is 9.47 Å². The zero-order valence-corrected chi connectivity index (χ0v) is 14.5. The maximum absolute atomic E-state index is 13.8. The molecular formula is C12H2F20O2. The van der Waals surface area contributed by atoms with Crippen LogP contribution in [0.15, 0.2) is 11.5 Å². The van der Waals surface area contributed by atoms with Gasteiger partial charge < -0.3 is 9.47 Å². The van der Waals surface area contributed by atoms with Crippen LogP contribution in [0.1, 0.15) is 0 Å². The van der Waals surface area contributed by atoms with Crippen LogP contribution in [0.4, 0.5) is 87.8 Å². The second-order valence-corrected chi connectivity index (χ2v) is 6.12. The third-order valence-corrected chi connectivity index (χ3v) is 3.62. The van der Waals surface area contributed by atoms with Crippen LogP contribution in [0.3, 0.4) is 0 Å². The number of hydrogen-bond donors (Lipinski definition) is 0. The van der Waals surface area contributed by atoms with Crippen LogP contribution in [0.25, 0.3) is 0 Å². The van der Waals surface area contributed by atoms with Crippen LogP contribution in [-0.4, -0.2) is 60.6 Å². The highest BCUT2D eigenvalue weighted by Crippen LogP contribution is 2.63. The van der Waals surface area contributed by atoms with Crippen molar-refractivity contribution in [3.63, 3.8) is 0 Å². The molecule has 0 bridgehead atoms. The van der Waals surface area contributed by atoms with Gasteiger partial charge in [-0.25, -0.2) is 0 Å². The lowest BCUT2D eigenvalue weighted by molar-refractivity contribution is -0.394. The largest absolute Gasteiger partial charge is 0.465 e. The summed E-state index contributed by atoms with van der Waals surface area (Å²) in [5.74, 6) is -39.9. The van der Waals surface area contributed by atoms with Crippen LogP contribution >= 0.6 is 0 Å². The monoisotopic (exact) mass is 558 g/mol. The van der Waals surface area contributed by atoms with E-state index in [4.69, 9.17) is 0 Å². The van der Waals surface area contributed by atoms with Crippen LogP contribution in [-0.2, 0) is 9.47 Å². The van der Waals surface area contributed by atoms with Gasteiger partial charge in [-0.3, -0.25) is 0 Å². The Morgan fingerprint density at radius 2 is 0.588 bits per heavy atom. The predicted molar refractivity (Wildman–Crippen MR) is 60.8 cm³/mol. The molecule has 0 saturated heterocycles. The molecule has 0 aromatic heterocycles.